The molecule has 0 saturated carbocycles. The number of urea groups is 1. The molecule has 0 aliphatic carbocycles. The average Bonchev–Trinajstić information content (AvgIpc) is 2.78. The Bertz CT molecular complexity index is 1270. The van der Waals surface area contributed by atoms with Crippen LogP contribution >= 0.6 is 23.2 Å². The molecule has 33 heavy (non-hydrogen) atoms. The molecule has 3 amide bonds. The third kappa shape index (κ3) is 4.01. The number of amides is 3. The molecule has 5 rings (SSSR count). The molecular formula is C25H21Cl2N3O3. The molecule has 0 radical (unpaired) electrons. The predicted molar refractivity (Wildman–Crippen MR) is 128 cm³/mol. The molecule has 2 heterocycles. The van der Waals surface area contributed by atoms with Gasteiger partial charge in [0.25, 0.3) is 5.91 Å². The summed E-state index contributed by atoms with van der Waals surface area (Å²) >= 11 is 12.3. The predicted octanol–water partition coefficient (Wildman–Crippen LogP) is 5.69. The second kappa shape index (κ2) is 8.28. The maximum atomic E-state index is 13.1. The summed E-state index contributed by atoms with van der Waals surface area (Å²) in [6.07, 6.45) is 0.537. The van der Waals surface area contributed by atoms with Crippen LogP contribution in [0.5, 0.6) is 5.75 Å². The Labute approximate surface area is 201 Å². The highest BCUT2D eigenvalue weighted by Gasteiger charge is 2.49. The number of halogens is 2. The van der Waals surface area contributed by atoms with Crippen molar-refractivity contribution in [3.63, 3.8) is 0 Å². The number of nitrogens with zero attached hydrogens (tertiary/aromatic N) is 1. The monoisotopic (exact) mass is 481 g/mol. The number of fused-ring (bicyclic) bond motifs is 4. The van der Waals surface area contributed by atoms with Gasteiger partial charge < -0.3 is 15.4 Å². The van der Waals surface area contributed by atoms with Crippen LogP contribution < -0.4 is 20.3 Å². The van der Waals surface area contributed by atoms with E-state index in [-0.39, 0.29) is 18.0 Å². The van der Waals surface area contributed by atoms with E-state index in [1.165, 1.54) is 0 Å². The zero-order chi connectivity index (χ0) is 23.2. The van der Waals surface area contributed by atoms with E-state index in [2.05, 4.69) is 10.6 Å². The molecule has 1 fully saturated rings. The molecule has 2 aliphatic rings. The second-order valence-corrected chi connectivity index (χ2v) is 9.17. The number of carbonyl (C=O) groups is 2. The lowest BCUT2D eigenvalue weighted by Gasteiger charge is -2.50. The average molecular weight is 482 g/mol. The number of rotatable bonds is 4. The van der Waals surface area contributed by atoms with Gasteiger partial charge in [0.15, 0.2) is 5.72 Å². The van der Waals surface area contributed by atoms with Gasteiger partial charge >= 0.3 is 6.03 Å². The molecule has 0 spiro atoms. The van der Waals surface area contributed by atoms with Gasteiger partial charge in [-0.3, -0.25) is 9.69 Å². The number of anilines is 1. The number of hydrogen-bond acceptors (Lipinski definition) is 3. The molecule has 2 unspecified atom stereocenters. The molecule has 2 aliphatic heterocycles. The fourth-order valence-electron chi connectivity index (χ4n) is 4.44. The van der Waals surface area contributed by atoms with Gasteiger partial charge in [0.2, 0.25) is 0 Å². The number of benzene rings is 3. The van der Waals surface area contributed by atoms with E-state index in [0.29, 0.717) is 40.0 Å². The Morgan fingerprint density at radius 1 is 1.15 bits per heavy atom. The van der Waals surface area contributed by atoms with Crippen LogP contribution in [-0.4, -0.2) is 17.7 Å². The molecule has 1 saturated heterocycles. The van der Waals surface area contributed by atoms with Gasteiger partial charge in [-0.1, -0.05) is 47.5 Å². The van der Waals surface area contributed by atoms with Crippen LogP contribution in [0.15, 0.2) is 66.7 Å². The molecule has 168 valence electrons. The van der Waals surface area contributed by atoms with Crippen LogP contribution in [0, 0.1) is 0 Å². The Kier molecular flexibility index (Phi) is 5.43. The molecular weight excluding hydrogens is 461 g/mol. The van der Waals surface area contributed by atoms with E-state index in [1.54, 1.807) is 41.3 Å². The molecule has 6 nitrogen and oxygen atoms in total. The summed E-state index contributed by atoms with van der Waals surface area (Å²) in [7, 11) is 0. The van der Waals surface area contributed by atoms with Crippen molar-refractivity contribution in [2.45, 2.75) is 31.7 Å². The fourth-order valence-corrected chi connectivity index (χ4v) is 4.82. The zero-order valence-electron chi connectivity index (χ0n) is 17.8. The Hall–Kier alpha value is -3.22. The molecule has 2 atom stereocenters. The third-order valence-corrected chi connectivity index (χ3v) is 6.60. The van der Waals surface area contributed by atoms with Crippen LogP contribution in [0.3, 0.4) is 0 Å². The number of carbonyl (C=O) groups excluding carboxylic acids is 2. The van der Waals surface area contributed by atoms with Gasteiger partial charge in [-0.25, -0.2) is 4.79 Å². The first kappa shape index (κ1) is 21.6. The Morgan fingerprint density at radius 3 is 2.79 bits per heavy atom. The molecule has 0 aromatic heterocycles. The normalized spacial score (nSPS) is 21.0. The van der Waals surface area contributed by atoms with Crippen molar-refractivity contribution in [2.75, 3.05) is 4.90 Å². The molecule has 2 N–H and O–H groups in total. The lowest BCUT2D eigenvalue weighted by Crippen LogP contribution is -2.65. The molecule has 3 aromatic rings. The molecule has 8 heteroatoms. The minimum Gasteiger partial charge on any atom is -0.467 e. The SMILES string of the molecule is CC12CC(NC(=O)N1c1cccc(C(=O)NCc3ccccc3Cl)c1)c1cc(Cl)ccc1O2. The fraction of sp³-hybridized carbons (Fsp3) is 0.200. The minimum absolute atomic E-state index is 0.205. The van der Waals surface area contributed by atoms with E-state index < -0.39 is 5.72 Å². The summed E-state index contributed by atoms with van der Waals surface area (Å²) in [6, 6.07) is 19.2. The maximum Gasteiger partial charge on any atom is 0.325 e. The summed E-state index contributed by atoms with van der Waals surface area (Å²) in [5.74, 6) is 0.415. The summed E-state index contributed by atoms with van der Waals surface area (Å²) < 4.78 is 6.29. The van der Waals surface area contributed by atoms with Crippen molar-refractivity contribution in [3.05, 3.63) is 93.5 Å². The number of hydrogen-bond donors (Lipinski definition) is 2. The van der Waals surface area contributed by atoms with Crippen molar-refractivity contribution in [2.24, 2.45) is 0 Å². The maximum absolute atomic E-state index is 13.1. The van der Waals surface area contributed by atoms with Crippen molar-refractivity contribution in [1.82, 2.24) is 10.6 Å². The van der Waals surface area contributed by atoms with Crippen molar-refractivity contribution in [3.8, 4) is 5.75 Å². The summed E-state index contributed by atoms with van der Waals surface area (Å²) in [6.45, 7) is 2.18. The van der Waals surface area contributed by atoms with Gasteiger partial charge in [0.05, 0.1) is 11.7 Å². The first-order valence-corrected chi connectivity index (χ1v) is 11.3. The first-order valence-electron chi connectivity index (χ1n) is 10.5. The van der Waals surface area contributed by atoms with Crippen molar-refractivity contribution < 1.29 is 14.3 Å². The second-order valence-electron chi connectivity index (χ2n) is 8.33. The van der Waals surface area contributed by atoms with Gasteiger partial charge in [-0.15, -0.1) is 0 Å². The topological polar surface area (TPSA) is 70.7 Å². The summed E-state index contributed by atoms with van der Waals surface area (Å²) in [5.41, 5.74) is 1.77. The highest BCUT2D eigenvalue weighted by Crippen LogP contribution is 2.46. The van der Waals surface area contributed by atoms with E-state index >= 15 is 0 Å². The number of ether oxygens (including phenoxy) is 1. The van der Waals surface area contributed by atoms with Crippen LogP contribution in [-0.2, 0) is 6.54 Å². The smallest absolute Gasteiger partial charge is 0.325 e. The summed E-state index contributed by atoms with van der Waals surface area (Å²) in [4.78, 5) is 27.5. The molecule has 2 bridgehead atoms. The molecule has 3 aromatic carbocycles. The van der Waals surface area contributed by atoms with E-state index in [9.17, 15) is 9.59 Å². The van der Waals surface area contributed by atoms with Crippen molar-refractivity contribution in [1.29, 1.82) is 0 Å². The lowest BCUT2D eigenvalue weighted by atomic mass is 9.90. The van der Waals surface area contributed by atoms with Crippen LogP contribution in [0.2, 0.25) is 10.0 Å². The lowest BCUT2D eigenvalue weighted by molar-refractivity contribution is 0.0378. The van der Waals surface area contributed by atoms with Gasteiger partial charge in [-0.2, -0.15) is 0 Å². The van der Waals surface area contributed by atoms with Crippen molar-refractivity contribution >= 4 is 40.8 Å². The van der Waals surface area contributed by atoms with Crippen LogP contribution in [0.25, 0.3) is 0 Å². The highest BCUT2D eigenvalue weighted by atomic mass is 35.5. The Morgan fingerprint density at radius 2 is 1.97 bits per heavy atom. The largest absolute Gasteiger partial charge is 0.467 e. The third-order valence-electron chi connectivity index (χ3n) is 6.00. The first-order chi connectivity index (χ1) is 15.8. The quantitative estimate of drug-likeness (QED) is 0.502. The van der Waals surface area contributed by atoms with E-state index in [0.717, 1.165) is 11.1 Å². The zero-order valence-corrected chi connectivity index (χ0v) is 19.3. The highest BCUT2D eigenvalue weighted by molar-refractivity contribution is 6.31. The number of nitrogens with one attached hydrogen (secondary N) is 2. The van der Waals surface area contributed by atoms with Crippen LogP contribution in [0.1, 0.15) is 40.9 Å². The Balaban J connectivity index is 1.40. The van der Waals surface area contributed by atoms with Crippen LogP contribution in [0.4, 0.5) is 10.5 Å². The van der Waals surface area contributed by atoms with Gasteiger partial charge in [0, 0.05) is 34.1 Å². The van der Waals surface area contributed by atoms with E-state index in [1.807, 2.05) is 37.3 Å². The standard InChI is InChI=1S/C25H21Cl2N3O3/c1-25-13-21(19-12-17(26)9-10-22(19)33-25)29-24(32)30(25)18-7-4-6-15(11-18)23(31)28-14-16-5-2-3-8-20(16)27/h2-12,21H,13-14H2,1H3,(H,28,31)(H,29,32). The minimum atomic E-state index is -0.916. The van der Waals surface area contributed by atoms with E-state index in [4.69, 9.17) is 27.9 Å². The van der Waals surface area contributed by atoms with Gasteiger partial charge in [0.1, 0.15) is 5.75 Å². The van der Waals surface area contributed by atoms with Gasteiger partial charge in [-0.05, 0) is 55.0 Å². The summed E-state index contributed by atoms with van der Waals surface area (Å²) in [5, 5.41) is 7.11.